The maximum atomic E-state index is 12.1. The van der Waals surface area contributed by atoms with Crippen LogP contribution in [0.1, 0.15) is 25.5 Å². The number of carboxylic acids is 1. The number of amides is 1. The number of thiazole rings is 1. The van der Waals surface area contributed by atoms with Crippen LogP contribution in [0.5, 0.6) is 0 Å². The Bertz CT molecular complexity index is 469. The lowest BCUT2D eigenvalue weighted by molar-refractivity contribution is -0.136. The average Bonchev–Trinajstić information content (AvgIpc) is 2.98. The van der Waals surface area contributed by atoms with Crippen molar-refractivity contribution >= 4 is 35.0 Å². The first-order chi connectivity index (χ1) is 9.06. The fourth-order valence-electron chi connectivity index (χ4n) is 1.97. The number of hydrogen-bond acceptors (Lipinski definition) is 5. The zero-order chi connectivity index (χ0) is 13.8. The van der Waals surface area contributed by atoms with Crippen LogP contribution in [-0.2, 0) is 16.0 Å². The highest BCUT2D eigenvalue weighted by atomic mass is 32.2. The molecule has 0 radical (unpaired) electrons. The lowest BCUT2D eigenvalue weighted by atomic mass is 10.3. The summed E-state index contributed by atoms with van der Waals surface area (Å²) in [6, 6.07) is 0. The van der Waals surface area contributed by atoms with Gasteiger partial charge in [0.15, 0.2) is 4.34 Å². The number of likely N-dealkylation sites (tertiary alicyclic amines) is 1. The summed E-state index contributed by atoms with van der Waals surface area (Å²) in [6.07, 6.45) is 2.11. The van der Waals surface area contributed by atoms with Crippen LogP contribution < -0.4 is 0 Å². The Morgan fingerprint density at radius 3 is 2.84 bits per heavy atom. The molecule has 0 saturated carbocycles. The summed E-state index contributed by atoms with van der Waals surface area (Å²) in [5, 5.41) is 10.3. The number of carbonyl (C=O) groups is 2. The van der Waals surface area contributed by atoms with Crippen LogP contribution in [0, 0.1) is 0 Å². The molecule has 1 aliphatic heterocycles. The van der Waals surface area contributed by atoms with Crippen LogP contribution in [0.4, 0.5) is 0 Å². The van der Waals surface area contributed by atoms with Gasteiger partial charge in [-0.25, -0.2) is 4.98 Å². The molecule has 1 aromatic heterocycles. The van der Waals surface area contributed by atoms with Crippen LogP contribution >= 0.6 is 23.1 Å². The van der Waals surface area contributed by atoms with Crippen molar-refractivity contribution in [1.29, 1.82) is 0 Å². The second-order valence-electron chi connectivity index (χ2n) is 4.47. The summed E-state index contributed by atoms with van der Waals surface area (Å²) in [7, 11) is 0. The lowest BCUT2D eigenvalue weighted by Gasteiger charge is -2.18. The van der Waals surface area contributed by atoms with E-state index in [0.29, 0.717) is 5.69 Å². The molecule has 0 aliphatic carbocycles. The third-order valence-corrected chi connectivity index (χ3v) is 5.01. The highest BCUT2D eigenvalue weighted by Gasteiger charge is 2.24. The summed E-state index contributed by atoms with van der Waals surface area (Å²) >= 11 is 2.81. The van der Waals surface area contributed by atoms with Gasteiger partial charge in [-0.2, -0.15) is 0 Å². The van der Waals surface area contributed by atoms with Crippen molar-refractivity contribution in [2.45, 2.75) is 35.8 Å². The third kappa shape index (κ3) is 3.94. The van der Waals surface area contributed by atoms with Gasteiger partial charge >= 0.3 is 5.97 Å². The van der Waals surface area contributed by atoms with Crippen molar-refractivity contribution in [2.24, 2.45) is 0 Å². The van der Waals surface area contributed by atoms with Gasteiger partial charge in [0, 0.05) is 18.5 Å². The van der Waals surface area contributed by atoms with Crippen molar-refractivity contribution in [3.8, 4) is 0 Å². The highest BCUT2D eigenvalue weighted by Crippen LogP contribution is 2.28. The molecule has 0 aromatic carbocycles. The Morgan fingerprint density at radius 2 is 2.21 bits per heavy atom. The first kappa shape index (κ1) is 14.3. The van der Waals surface area contributed by atoms with Crippen LogP contribution in [-0.4, -0.2) is 45.2 Å². The first-order valence-electron chi connectivity index (χ1n) is 6.18. The molecule has 1 amide bonds. The number of aliphatic carboxylic acids is 1. The van der Waals surface area contributed by atoms with Crippen molar-refractivity contribution in [1.82, 2.24) is 9.88 Å². The molecule has 1 N–H and O–H groups in total. The average molecular weight is 300 g/mol. The molecule has 1 atom stereocenters. The standard InChI is InChI=1S/C12H16N2O3S2/c1-8(11(17)14-4-2-3-5-14)19-12-13-9(7-18-12)6-10(15)16/h7-8H,2-6H2,1H3,(H,15,16). The second-order valence-corrected chi connectivity index (χ2v) is 6.91. The van der Waals surface area contributed by atoms with Crippen molar-refractivity contribution in [3.05, 3.63) is 11.1 Å². The molecule has 1 fully saturated rings. The van der Waals surface area contributed by atoms with Crippen LogP contribution in [0.25, 0.3) is 0 Å². The molecule has 5 nitrogen and oxygen atoms in total. The number of rotatable bonds is 5. The maximum Gasteiger partial charge on any atom is 0.309 e. The largest absolute Gasteiger partial charge is 0.481 e. The first-order valence-corrected chi connectivity index (χ1v) is 7.94. The summed E-state index contributed by atoms with van der Waals surface area (Å²) < 4.78 is 0.760. The zero-order valence-electron chi connectivity index (χ0n) is 10.7. The third-order valence-electron chi connectivity index (χ3n) is 2.91. The number of nitrogens with zero attached hydrogens (tertiary/aromatic N) is 2. The Labute approximate surface area is 120 Å². The van der Waals surface area contributed by atoms with E-state index in [0.717, 1.165) is 30.3 Å². The molecule has 1 saturated heterocycles. The van der Waals surface area contributed by atoms with Gasteiger partial charge in [0.05, 0.1) is 17.4 Å². The number of hydrogen-bond donors (Lipinski definition) is 1. The number of carboxylic acid groups (broad SMARTS) is 1. The van der Waals surface area contributed by atoms with E-state index in [1.165, 1.54) is 23.1 Å². The topological polar surface area (TPSA) is 70.5 Å². The smallest absolute Gasteiger partial charge is 0.309 e. The predicted octanol–water partition coefficient (Wildman–Crippen LogP) is 1.87. The minimum atomic E-state index is -0.886. The molecule has 19 heavy (non-hydrogen) atoms. The van der Waals surface area contributed by atoms with E-state index in [9.17, 15) is 9.59 Å². The Hall–Kier alpha value is -1.08. The SMILES string of the molecule is CC(Sc1nc(CC(=O)O)cs1)C(=O)N1CCCC1. The minimum absolute atomic E-state index is 0.0640. The Morgan fingerprint density at radius 1 is 1.53 bits per heavy atom. The van der Waals surface area contributed by atoms with E-state index in [2.05, 4.69) is 4.98 Å². The van der Waals surface area contributed by atoms with E-state index < -0.39 is 5.97 Å². The Kier molecular flexibility index (Phi) is 4.81. The van der Waals surface area contributed by atoms with Crippen molar-refractivity contribution < 1.29 is 14.7 Å². The van der Waals surface area contributed by atoms with Gasteiger partial charge in [-0.05, 0) is 19.8 Å². The fraction of sp³-hybridized carbons (Fsp3) is 0.583. The molecule has 2 heterocycles. The van der Waals surface area contributed by atoms with Gasteiger partial charge in [-0.15, -0.1) is 11.3 Å². The number of thioether (sulfide) groups is 1. The monoisotopic (exact) mass is 300 g/mol. The van der Waals surface area contributed by atoms with E-state index in [-0.39, 0.29) is 17.6 Å². The van der Waals surface area contributed by atoms with Gasteiger partial charge in [-0.3, -0.25) is 9.59 Å². The molecule has 7 heteroatoms. The van der Waals surface area contributed by atoms with Crippen molar-refractivity contribution in [2.75, 3.05) is 13.1 Å². The summed E-state index contributed by atoms with van der Waals surface area (Å²) in [5.74, 6) is -0.736. The van der Waals surface area contributed by atoms with Crippen LogP contribution in [0.3, 0.4) is 0 Å². The Balaban J connectivity index is 1.90. The molecule has 1 unspecified atom stereocenters. The highest BCUT2D eigenvalue weighted by molar-refractivity contribution is 8.02. The van der Waals surface area contributed by atoms with Gasteiger partial charge in [0.2, 0.25) is 5.91 Å². The van der Waals surface area contributed by atoms with E-state index in [1.807, 2.05) is 11.8 Å². The molecule has 2 rings (SSSR count). The molecular weight excluding hydrogens is 284 g/mol. The summed E-state index contributed by atoms with van der Waals surface area (Å²) in [6.45, 7) is 3.58. The molecule has 1 aliphatic rings. The normalized spacial score (nSPS) is 16.6. The lowest BCUT2D eigenvalue weighted by Crippen LogP contribution is -2.33. The fourth-order valence-corrected chi connectivity index (χ4v) is 4.04. The summed E-state index contributed by atoms with van der Waals surface area (Å²) in [4.78, 5) is 28.8. The van der Waals surface area contributed by atoms with E-state index >= 15 is 0 Å². The molecule has 1 aromatic rings. The van der Waals surface area contributed by atoms with E-state index in [1.54, 1.807) is 5.38 Å². The maximum absolute atomic E-state index is 12.1. The van der Waals surface area contributed by atoms with Gasteiger partial charge in [0.25, 0.3) is 0 Å². The van der Waals surface area contributed by atoms with Crippen molar-refractivity contribution in [3.63, 3.8) is 0 Å². The summed E-state index contributed by atoms with van der Waals surface area (Å²) in [5.41, 5.74) is 0.556. The molecule has 0 bridgehead atoms. The van der Waals surface area contributed by atoms with Crippen LogP contribution in [0.15, 0.2) is 9.72 Å². The van der Waals surface area contributed by atoms with Gasteiger partial charge in [-0.1, -0.05) is 11.8 Å². The van der Waals surface area contributed by atoms with E-state index in [4.69, 9.17) is 5.11 Å². The number of aromatic nitrogens is 1. The molecule has 104 valence electrons. The van der Waals surface area contributed by atoms with Gasteiger partial charge in [0.1, 0.15) is 0 Å². The van der Waals surface area contributed by atoms with Gasteiger partial charge < -0.3 is 10.0 Å². The predicted molar refractivity (Wildman–Crippen MR) is 74.6 cm³/mol. The number of carbonyl (C=O) groups excluding carboxylic acids is 1. The second kappa shape index (κ2) is 6.38. The quantitative estimate of drug-likeness (QED) is 0.841. The molecule has 0 spiro atoms. The zero-order valence-corrected chi connectivity index (χ0v) is 12.3. The van der Waals surface area contributed by atoms with Crippen LogP contribution in [0.2, 0.25) is 0 Å². The molecular formula is C12H16N2O3S2. The minimum Gasteiger partial charge on any atom is -0.481 e.